The van der Waals surface area contributed by atoms with Gasteiger partial charge in [0.1, 0.15) is 5.60 Å². The number of piperazine rings is 1. The maximum atomic E-state index is 12.3. The SMILES string of the molecule is CC(C)(C)OC(=O)N1CCN2CC(c3cccc([N+](=O)[O-])c3)OCC2C1. The number of benzene rings is 1. The van der Waals surface area contributed by atoms with Gasteiger partial charge in [0.2, 0.25) is 0 Å². The zero-order valence-corrected chi connectivity index (χ0v) is 15.4. The van der Waals surface area contributed by atoms with Crippen LogP contribution in [0.3, 0.4) is 0 Å². The Bertz CT molecular complexity index is 688. The lowest BCUT2D eigenvalue weighted by atomic mass is 10.0. The van der Waals surface area contributed by atoms with Gasteiger partial charge in [0.05, 0.1) is 23.7 Å². The van der Waals surface area contributed by atoms with Crippen LogP contribution in [0.15, 0.2) is 24.3 Å². The highest BCUT2D eigenvalue weighted by atomic mass is 16.6. The molecule has 0 N–H and O–H groups in total. The summed E-state index contributed by atoms with van der Waals surface area (Å²) in [6.07, 6.45) is -0.489. The summed E-state index contributed by atoms with van der Waals surface area (Å²) < 4.78 is 11.4. The third kappa shape index (κ3) is 4.31. The van der Waals surface area contributed by atoms with E-state index < -0.39 is 10.5 Å². The maximum Gasteiger partial charge on any atom is 0.410 e. The highest BCUT2D eigenvalue weighted by molar-refractivity contribution is 5.68. The van der Waals surface area contributed by atoms with E-state index in [4.69, 9.17) is 9.47 Å². The van der Waals surface area contributed by atoms with E-state index in [-0.39, 0.29) is 23.9 Å². The molecule has 2 heterocycles. The third-order valence-electron chi connectivity index (χ3n) is 4.60. The standard InChI is InChI=1S/C18H25N3O5/c1-18(2,3)26-17(22)20-8-7-19-11-16(25-12-15(19)10-20)13-5-4-6-14(9-13)21(23)24/h4-6,9,15-16H,7-8,10-12H2,1-3H3. The number of carbonyl (C=O) groups excluding carboxylic acids is 1. The molecule has 0 aliphatic carbocycles. The van der Waals surface area contributed by atoms with Crippen molar-refractivity contribution in [1.29, 1.82) is 0 Å². The lowest BCUT2D eigenvalue weighted by molar-refractivity contribution is -0.385. The normalized spacial score (nSPS) is 24.0. The Kier molecular flexibility index (Phi) is 5.15. The molecule has 2 unspecified atom stereocenters. The number of non-ortho nitro benzene ring substituents is 1. The first kappa shape index (κ1) is 18.6. The second kappa shape index (κ2) is 7.20. The Morgan fingerprint density at radius 3 is 2.77 bits per heavy atom. The van der Waals surface area contributed by atoms with E-state index in [1.54, 1.807) is 17.0 Å². The molecule has 1 aromatic carbocycles. The number of nitro benzene ring substituents is 1. The average molecular weight is 363 g/mol. The van der Waals surface area contributed by atoms with Crippen LogP contribution in [0, 0.1) is 10.1 Å². The molecule has 2 saturated heterocycles. The number of hydrogen-bond acceptors (Lipinski definition) is 6. The Morgan fingerprint density at radius 2 is 2.08 bits per heavy atom. The third-order valence-corrected chi connectivity index (χ3v) is 4.60. The van der Waals surface area contributed by atoms with Crippen LogP contribution in [0.5, 0.6) is 0 Å². The fourth-order valence-electron chi connectivity index (χ4n) is 3.32. The molecule has 0 radical (unpaired) electrons. The van der Waals surface area contributed by atoms with Crippen molar-refractivity contribution in [3.63, 3.8) is 0 Å². The van der Waals surface area contributed by atoms with Gasteiger partial charge in [0.25, 0.3) is 5.69 Å². The Labute approximate surface area is 152 Å². The van der Waals surface area contributed by atoms with Crippen LogP contribution < -0.4 is 0 Å². The number of carbonyl (C=O) groups is 1. The molecule has 0 bridgehead atoms. The first-order chi connectivity index (χ1) is 12.2. The van der Waals surface area contributed by atoms with Gasteiger partial charge in [0, 0.05) is 38.3 Å². The van der Waals surface area contributed by atoms with E-state index >= 15 is 0 Å². The monoisotopic (exact) mass is 363 g/mol. The molecule has 1 aromatic rings. The highest BCUT2D eigenvalue weighted by Gasteiger charge is 2.37. The van der Waals surface area contributed by atoms with Gasteiger partial charge in [-0.2, -0.15) is 0 Å². The first-order valence-corrected chi connectivity index (χ1v) is 8.81. The smallest absolute Gasteiger partial charge is 0.410 e. The molecule has 1 amide bonds. The number of amides is 1. The van der Waals surface area contributed by atoms with Gasteiger partial charge in [-0.3, -0.25) is 15.0 Å². The summed E-state index contributed by atoms with van der Waals surface area (Å²) in [5.74, 6) is 0. The first-order valence-electron chi connectivity index (χ1n) is 8.81. The molecule has 0 saturated carbocycles. The van der Waals surface area contributed by atoms with Gasteiger partial charge in [0.15, 0.2) is 0 Å². The number of fused-ring (bicyclic) bond motifs is 1. The zero-order chi connectivity index (χ0) is 18.9. The van der Waals surface area contributed by atoms with Gasteiger partial charge in [-0.05, 0) is 26.3 Å². The summed E-state index contributed by atoms with van der Waals surface area (Å²) in [5, 5.41) is 11.0. The van der Waals surface area contributed by atoms with Crippen molar-refractivity contribution in [2.45, 2.75) is 38.5 Å². The summed E-state index contributed by atoms with van der Waals surface area (Å²) in [7, 11) is 0. The molecule has 8 nitrogen and oxygen atoms in total. The Balaban J connectivity index is 1.61. The van der Waals surface area contributed by atoms with E-state index in [1.165, 1.54) is 6.07 Å². The van der Waals surface area contributed by atoms with Crippen molar-refractivity contribution in [2.75, 3.05) is 32.8 Å². The van der Waals surface area contributed by atoms with Crippen LogP contribution in [0.2, 0.25) is 0 Å². The molecule has 2 aliphatic heterocycles. The maximum absolute atomic E-state index is 12.3. The number of ether oxygens (including phenoxy) is 2. The van der Waals surface area contributed by atoms with E-state index in [0.29, 0.717) is 26.2 Å². The van der Waals surface area contributed by atoms with Gasteiger partial charge in [-0.25, -0.2) is 4.79 Å². The van der Waals surface area contributed by atoms with Crippen LogP contribution in [0.25, 0.3) is 0 Å². The van der Waals surface area contributed by atoms with Crippen molar-refractivity contribution in [3.8, 4) is 0 Å². The van der Waals surface area contributed by atoms with Crippen LogP contribution >= 0.6 is 0 Å². The molecule has 8 heteroatoms. The van der Waals surface area contributed by atoms with Gasteiger partial charge >= 0.3 is 6.09 Å². The summed E-state index contributed by atoms with van der Waals surface area (Å²) in [4.78, 5) is 26.8. The lowest BCUT2D eigenvalue weighted by Gasteiger charge is -2.46. The second-order valence-electron chi connectivity index (χ2n) is 7.75. The van der Waals surface area contributed by atoms with Crippen molar-refractivity contribution in [3.05, 3.63) is 39.9 Å². The number of nitrogens with zero attached hydrogens (tertiary/aromatic N) is 3. The summed E-state index contributed by atoms with van der Waals surface area (Å²) in [6.45, 7) is 8.61. The quantitative estimate of drug-likeness (QED) is 0.593. The summed E-state index contributed by atoms with van der Waals surface area (Å²) in [6, 6.07) is 6.71. The van der Waals surface area contributed by atoms with Gasteiger partial charge in [-0.1, -0.05) is 12.1 Å². The minimum Gasteiger partial charge on any atom is -0.444 e. The topological polar surface area (TPSA) is 85.2 Å². The fraction of sp³-hybridized carbons (Fsp3) is 0.611. The number of hydrogen-bond donors (Lipinski definition) is 0. The lowest BCUT2D eigenvalue weighted by Crippen LogP contribution is -2.59. The Hall–Kier alpha value is -2.19. The molecule has 0 spiro atoms. The minimum absolute atomic E-state index is 0.0722. The highest BCUT2D eigenvalue weighted by Crippen LogP contribution is 2.29. The van der Waals surface area contributed by atoms with Crippen molar-refractivity contribution >= 4 is 11.8 Å². The average Bonchev–Trinajstić information content (AvgIpc) is 2.59. The molecule has 26 heavy (non-hydrogen) atoms. The number of nitro groups is 1. The van der Waals surface area contributed by atoms with Crippen LogP contribution in [-0.4, -0.2) is 65.2 Å². The molecule has 2 atom stereocenters. The van der Waals surface area contributed by atoms with Gasteiger partial charge < -0.3 is 14.4 Å². The summed E-state index contributed by atoms with van der Waals surface area (Å²) >= 11 is 0. The van der Waals surface area contributed by atoms with Crippen LogP contribution in [-0.2, 0) is 9.47 Å². The minimum atomic E-state index is -0.510. The Morgan fingerprint density at radius 1 is 1.31 bits per heavy atom. The molecule has 2 aliphatic rings. The number of morpholine rings is 1. The zero-order valence-electron chi connectivity index (χ0n) is 15.4. The predicted molar refractivity (Wildman–Crippen MR) is 95.0 cm³/mol. The van der Waals surface area contributed by atoms with E-state index in [1.807, 2.05) is 26.8 Å². The predicted octanol–water partition coefficient (Wildman–Crippen LogP) is 2.59. The molecular formula is C18H25N3O5. The summed E-state index contributed by atoms with van der Waals surface area (Å²) in [5.41, 5.74) is 0.375. The van der Waals surface area contributed by atoms with Crippen LogP contribution in [0.1, 0.15) is 32.4 Å². The molecule has 0 aromatic heterocycles. The van der Waals surface area contributed by atoms with Crippen LogP contribution in [0.4, 0.5) is 10.5 Å². The van der Waals surface area contributed by atoms with Gasteiger partial charge in [-0.15, -0.1) is 0 Å². The molecule has 142 valence electrons. The fourth-order valence-corrected chi connectivity index (χ4v) is 3.32. The van der Waals surface area contributed by atoms with E-state index in [0.717, 1.165) is 12.1 Å². The van der Waals surface area contributed by atoms with Crippen molar-refractivity contribution in [2.24, 2.45) is 0 Å². The second-order valence-corrected chi connectivity index (χ2v) is 7.75. The molecular weight excluding hydrogens is 338 g/mol. The largest absolute Gasteiger partial charge is 0.444 e. The molecule has 3 rings (SSSR count). The molecule has 2 fully saturated rings. The van der Waals surface area contributed by atoms with Crippen molar-refractivity contribution < 1.29 is 19.2 Å². The number of rotatable bonds is 2. The van der Waals surface area contributed by atoms with Crippen molar-refractivity contribution in [1.82, 2.24) is 9.80 Å². The van der Waals surface area contributed by atoms with E-state index in [2.05, 4.69) is 4.90 Å². The van der Waals surface area contributed by atoms with E-state index in [9.17, 15) is 14.9 Å².